The number of rotatable bonds is 5. The van der Waals surface area contributed by atoms with Gasteiger partial charge in [0, 0.05) is 55.9 Å². The molecule has 3 aromatic rings. The average molecular weight is 392 g/mol. The molecule has 150 valence electrons. The predicted octanol–water partition coefficient (Wildman–Crippen LogP) is 1.90. The molecule has 0 radical (unpaired) electrons. The summed E-state index contributed by atoms with van der Waals surface area (Å²) in [4.78, 5) is 34.5. The Morgan fingerprint density at radius 2 is 2.10 bits per heavy atom. The van der Waals surface area contributed by atoms with Crippen molar-refractivity contribution < 1.29 is 9.59 Å². The van der Waals surface area contributed by atoms with Gasteiger partial charge in [0.2, 0.25) is 5.91 Å². The number of amides is 2. The summed E-state index contributed by atoms with van der Waals surface area (Å²) in [5, 5.41) is 8.60. The molecule has 8 nitrogen and oxygen atoms in total. The molecule has 0 bridgehead atoms. The van der Waals surface area contributed by atoms with Crippen molar-refractivity contribution in [2.45, 2.75) is 32.7 Å². The molecule has 2 amide bonds. The number of nitrogens with one attached hydrogen (secondary N) is 1. The van der Waals surface area contributed by atoms with Gasteiger partial charge in [-0.3, -0.25) is 14.6 Å². The van der Waals surface area contributed by atoms with Crippen LogP contribution in [0.1, 0.15) is 41.0 Å². The number of nitrogens with zero attached hydrogens (tertiary/aromatic N) is 5. The zero-order valence-corrected chi connectivity index (χ0v) is 16.6. The second-order valence-corrected chi connectivity index (χ2v) is 7.39. The van der Waals surface area contributed by atoms with Crippen molar-refractivity contribution in [1.82, 2.24) is 30.0 Å². The standard InChI is InChI=1S/C21H24N6O2/c1-14-5-6-16(12-24-14)21(29)26-10-7-17(13-26)19-18-4-3-8-23-20(18)27(25-19)11-9-22-15(2)28/h3-6,8,12,17H,7,9-11,13H2,1-2H3,(H,22,28). The normalized spacial score (nSPS) is 16.3. The van der Waals surface area contributed by atoms with Gasteiger partial charge >= 0.3 is 0 Å². The first-order chi connectivity index (χ1) is 14.0. The third-order valence-electron chi connectivity index (χ3n) is 5.25. The molecular weight excluding hydrogens is 368 g/mol. The van der Waals surface area contributed by atoms with Crippen LogP contribution in [0.5, 0.6) is 0 Å². The monoisotopic (exact) mass is 392 g/mol. The highest BCUT2D eigenvalue weighted by Gasteiger charge is 2.31. The SMILES string of the molecule is CC(=O)NCCn1nc(C2CCN(C(=O)c3ccc(C)nc3)C2)c2cccnc21. The summed E-state index contributed by atoms with van der Waals surface area (Å²) in [6, 6.07) is 7.61. The van der Waals surface area contributed by atoms with E-state index in [1.165, 1.54) is 6.92 Å². The average Bonchev–Trinajstić information content (AvgIpc) is 3.33. The minimum atomic E-state index is -0.0646. The molecule has 0 spiro atoms. The Morgan fingerprint density at radius 1 is 1.24 bits per heavy atom. The number of carbonyl (C=O) groups excluding carboxylic acids is 2. The minimum absolute atomic E-state index is 0.00696. The first kappa shape index (κ1) is 19.0. The lowest BCUT2D eigenvalue weighted by atomic mass is 10.0. The van der Waals surface area contributed by atoms with Crippen LogP contribution in [0.2, 0.25) is 0 Å². The van der Waals surface area contributed by atoms with Gasteiger partial charge in [-0.2, -0.15) is 5.10 Å². The summed E-state index contributed by atoms with van der Waals surface area (Å²) in [5.41, 5.74) is 3.28. The lowest BCUT2D eigenvalue weighted by molar-refractivity contribution is -0.118. The number of carbonyl (C=O) groups is 2. The van der Waals surface area contributed by atoms with Gasteiger partial charge in [-0.15, -0.1) is 0 Å². The summed E-state index contributed by atoms with van der Waals surface area (Å²) < 4.78 is 1.84. The van der Waals surface area contributed by atoms with Gasteiger partial charge in [-0.25, -0.2) is 9.67 Å². The van der Waals surface area contributed by atoms with E-state index in [1.807, 2.05) is 40.8 Å². The maximum atomic E-state index is 12.8. The van der Waals surface area contributed by atoms with Gasteiger partial charge < -0.3 is 10.2 Å². The van der Waals surface area contributed by atoms with Crippen molar-refractivity contribution in [2.24, 2.45) is 0 Å². The van der Waals surface area contributed by atoms with E-state index in [0.717, 1.165) is 28.8 Å². The van der Waals surface area contributed by atoms with E-state index in [-0.39, 0.29) is 17.7 Å². The Kier molecular flexibility index (Phi) is 5.24. The van der Waals surface area contributed by atoms with Gasteiger partial charge in [-0.1, -0.05) is 0 Å². The Morgan fingerprint density at radius 3 is 2.86 bits per heavy atom. The summed E-state index contributed by atoms with van der Waals surface area (Å²) in [6.45, 7) is 5.77. The number of likely N-dealkylation sites (tertiary alicyclic amines) is 1. The first-order valence-corrected chi connectivity index (χ1v) is 9.80. The first-order valence-electron chi connectivity index (χ1n) is 9.80. The van der Waals surface area contributed by atoms with Crippen molar-refractivity contribution in [3.8, 4) is 0 Å². The maximum Gasteiger partial charge on any atom is 0.255 e. The van der Waals surface area contributed by atoms with Gasteiger partial charge in [-0.05, 0) is 37.6 Å². The van der Waals surface area contributed by atoms with Crippen LogP contribution in [0.4, 0.5) is 0 Å². The third kappa shape index (κ3) is 3.96. The molecule has 1 fully saturated rings. The summed E-state index contributed by atoms with van der Waals surface area (Å²) >= 11 is 0. The number of aromatic nitrogens is 4. The number of fused-ring (bicyclic) bond motifs is 1. The van der Waals surface area contributed by atoms with Gasteiger partial charge in [0.05, 0.1) is 17.8 Å². The highest BCUT2D eigenvalue weighted by atomic mass is 16.2. The summed E-state index contributed by atoms with van der Waals surface area (Å²) in [7, 11) is 0. The molecule has 8 heteroatoms. The Balaban J connectivity index is 1.53. The van der Waals surface area contributed by atoms with Gasteiger partial charge in [0.25, 0.3) is 5.91 Å². The van der Waals surface area contributed by atoms with Crippen molar-refractivity contribution in [1.29, 1.82) is 0 Å². The van der Waals surface area contributed by atoms with Crippen molar-refractivity contribution >= 4 is 22.8 Å². The Hall–Kier alpha value is -3.29. The summed E-state index contributed by atoms with van der Waals surface area (Å²) in [5.74, 6) is 0.101. The molecule has 1 N–H and O–H groups in total. The molecule has 0 aliphatic carbocycles. The molecule has 0 saturated carbocycles. The zero-order chi connectivity index (χ0) is 20.4. The van der Waals surface area contributed by atoms with Crippen LogP contribution < -0.4 is 5.32 Å². The van der Waals surface area contributed by atoms with E-state index in [9.17, 15) is 9.59 Å². The second kappa shape index (κ2) is 7.98. The van der Waals surface area contributed by atoms with Crippen LogP contribution in [-0.2, 0) is 11.3 Å². The van der Waals surface area contributed by atoms with Crippen LogP contribution in [0.25, 0.3) is 11.0 Å². The molecule has 1 saturated heterocycles. The molecule has 4 heterocycles. The molecule has 1 unspecified atom stereocenters. The van der Waals surface area contributed by atoms with E-state index in [4.69, 9.17) is 5.10 Å². The highest BCUT2D eigenvalue weighted by molar-refractivity contribution is 5.94. The minimum Gasteiger partial charge on any atom is -0.354 e. The predicted molar refractivity (Wildman–Crippen MR) is 108 cm³/mol. The van der Waals surface area contributed by atoms with Gasteiger partial charge in [0.15, 0.2) is 5.65 Å². The maximum absolute atomic E-state index is 12.8. The zero-order valence-electron chi connectivity index (χ0n) is 16.6. The van der Waals surface area contributed by atoms with E-state index >= 15 is 0 Å². The number of hydrogen-bond acceptors (Lipinski definition) is 5. The third-order valence-corrected chi connectivity index (χ3v) is 5.25. The van der Waals surface area contributed by atoms with Crippen LogP contribution in [-0.4, -0.2) is 56.1 Å². The van der Waals surface area contributed by atoms with Crippen LogP contribution >= 0.6 is 0 Å². The number of pyridine rings is 2. The molecule has 1 atom stereocenters. The lowest BCUT2D eigenvalue weighted by Crippen LogP contribution is -2.28. The molecule has 3 aromatic heterocycles. The largest absolute Gasteiger partial charge is 0.354 e. The smallest absolute Gasteiger partial charge is 0.255 e. The van der Waals surface area contributed by atoms with Crippen LogP contribution in [0.15, 0.2) is 36.7 Å². The topological polar surface area (TPSA) is 93.0 Å². The fourth-order valence-corrected chi connectivity index (χ4v) is 3.77. The number of aryl methyl sites for hydroxylation is 1. The van der Waals surface area contributed by atoms with Crippen molar-refractivity contribution in [3.05, 3.63) is 53.6 Å². The van der Waals surface area contributed by atoms with Crippen LogP contribution in [0.3, 0.4) is 0 Å². The fourth-order valence-electron chi connectivity index (χ4n) is 3.77. The molecule has 1 aliphatic rings. The highest BCUT2D eigenvalue weighted by Crippen LogP contribution is 2.31. The van der Waals surface area contributed by atoms with E-state index < -0.39 is 0 Å². The Labute approximate surface area is 168 Å². The second-order valence-electron chi connectivity index (χ2n) is 7.39. The van der Waals surface area contributed by atoms with E-state index in [0.29, 0.717) is 31.7 Å². The quantitative estimate of drug-likeness (QED) is 0.716. The molecule has 1 aliphatic heterocycles. The molecular formula is C21H24N6O2. The molecule has 4 rings (SSSR count). The molecule has 29 heavy (non-hydrogen) atoms. The van der Waals surface area contributed by atoms with Crippen molar-refractivity contribution in [2.75, 3.05) is 19.6 Å². The Bertz CT molecular complexity index is 1040. The van der Waals surface area contributed by atoms with E-state index in [2.05, 4.69) is 15.3 Å². The van der Waals surface area contributed by atoms with Crippen LogP contribution in [0, 0.1) is 6.92 Å². The lowest BCUT2D eigenvalue weighted by Gasteiger charge is -2.16. The van der Waals surface area contributed by atoms with Gasteiger partial charge in [0.1, 0.15) is 0 Å². The fraction of sp³-hybridized carbons (Fsp3) is 0.381. The van der Waals surface area contributed by atoms with Crippen molar-refractivity contribution in [3.63, 3.8) is 0 Å². The van der Waals surface area contributed by atoms with E-state index in [1.54, 1.807) is 12.4 Å². The number of hydrogen-bond donors (Lipinski definition) is 1. The summed E-state index contributed by atoms with van der Waals surface area (Å²) in [6.07, 6.45) is 4.25. The molecule has 0 aromatic carbocycles.